The average Bonchev–Trinajstić information content (AvgIpc) is 2.66. The van der Waals surface area contributed by atoms with Crippen LogP contribution in [0.2, 0.25) is 0 Å². The minimum absolute atomic E-state index is 0.0347. The van der Waals surface area contributed by atoms with E-state index in [1.165, 1.54) is 18.2 Å². The van der Waals surface area contributed by atoms with Crippen LogP contribution >= 0.6 is 12.0 Å². The largest absolute Gasteiger partial charge is 0.493 e. The van der Waals surface area contributed by atoms with Crippen molar-refractivity contribution in [2.75, 3.05) is 11.9 Å². The summed E-state index contributed by atoms with van der Waals surface area (Å²) in [4.78, 5) is 25.6. The topological polar surface area (TPSA) is 190 Å². The lowest BCUT2D eigenvalue weighted by Crippen LogP contribution is -2.14. The molecule has 2 aromatic rings. The molecule has 1 aromatic carbocycles. The molecule has 0 aliphatic rings. The predicted octanol–water partition coefficient (Wildman–Crippen LogP) is 2.93. The molecule has 0 spiro atoms. The van der Waals surface area contributed by atoms with E-state index in [9.17, 15) is 19.8 Å². The zero-order chi connectivity index (χ0) is 20.7. The lowest BCUT2D eigenvalue weighted by atomic mass is 10.2. The normalized spacial score (nSPS) is 10.8. The van der Waals surface area contributed by atoms with Crippen LogP contribution in [0.5, 0.6) is 5.88 Å². The second-order valence-corrected chi connectivity index (χ2v) is 5.73. The molecular weight excluding hydrogens is 394 g/mol. The van der Waals surface area contributed by atoms with Gasteiger partial charge in [-0.15, -0.1) is 14.6 Å². The summed E-state index contributed by atoms with van der Waals surface area (Å²) in [6.07, 6.45) is 0. The summed E-state index contributed by atoms with van der Waals surface area (Å²) < 4.78 is 4.24. The summed E-state index contributed by atoms with van der Waals surface area (Å²) in [6, 6.07) is 5.62. The summed E-state index contributed by atoms with van der Waals surface area (Å²) in [5.74, 6) is -1.96. The molecule has 28 heavy (non-hydrogen) atoms. The Hall–Kier alpha value is -3.44. The van der Waals surface area contributed by atoms with Crippen molar-refractivity contribution in [2.45, 2.75) is 11.8 Å². The van der Waals surface area contributed by atoms with Crippen molar-refractivity contribution in [3.63, 3.8) is 0 Å². The van der Waals surface area contributed by atoms with Crippen LogP contribution in [0.15, 0.2) is 38.1 Å². The van der Waals surface area contributed by atoms with Crippen LogP contribution in [0.3, 0.4) is 0 Å². The molecule has 0 bridgehead atoms. The van der Waals surface area contributed by atoms with Gasteiger partial charge in [0.05, 0.1) is 23.3 Å². The van der Waals surface area contributed by atoms with Gasteiger partial charge in [0.2, 0.25) is 5.88 Å². The average molecular weight is 407 g/mol. The van der Waals surface area contributed by atoms with Gasteiger partial charge in [-0.25, -0.2) is 10.1 Å². The van der Waals surface area contributed by atoms with Gasteiger partial charge in [-0.1, -0.05) is 5.04 Å². The fourth-order valence-corrected chi connectivity index (χ4v) is 2.51. The minimum Gasteiger partial charge on any atom is -0.493 e. The molecule has 5 N–H and O–H groups in total. The molecule has 0 aliphatic carbocycles. The molecule has 1 heterocycles. The monoisotopic (exact) mass is 407 g/mol. The van der Waals surface area contributed by atoms with Gasteiger partial charge in [-0.2, -0.15) is 5.26 Å². The number of carbonyl (C=O) groups is 1. The highest BCUT2D eigenvalue weighted by molar-refractivity contribution is 7.94. The molecular formula is C15H13N5O7S. The number of aromatic carboxylic acids is 1. The zero-order valence-corrected chi connectivity index (χ0v) is 15.0. The van der Waals surface area contributed by atoms with Crippen molar-refractivity contribution >= 4 is 35.1 Å². The summed E-state index contributed by atoms with van der Waals surface area (Å²) in [7, 11) is 0. The highest BCUT2D eigenvalue weighted by atomic mass is 32.2. The van der Waals surface area contributed by atoms with E-state index in [4.69, 9.17) is 10.5 Å². The third-order valence-corrected chi connectivity index (χ3v) is 3.83. The van der Waals surface area contributed by atoms with Crippen LogP contribution in [-0.2, 0) is 9.37 Å². The highest BCUT2D eigenvalue weighted by Gasteiger charge is 2.18. The third kappa shape index (κ3) is 4.64. The van der Waals surface area contributed by atoms with Crippen LogP contribution in [0, 0.1) is 11.3 Å². The zero-order valence-electron chi connectivity index (χ0n) is 14.2. The number of rotatable bonds is 8. The van der Waals surface area contributed by atoms with Gasteiger partial charge >= 0.3 is 5.97 Å². The summed E-state index contributed by atoms with van der Waals surface area (Å²) in [5, 5.41) is 50.5. The number of aromatic nitrogens is 1. The number of nitrogens with one attached hydrogen (secondary N) is 2. The van der Waals surface area contributed by atoms with Crippen molar-refractivity contribution in [2.24, 2.45) is 10.2 Å². The molecule has 2 rings (SSSR count). The number of carboxylic acids is 1. The number of nitriles is 1. The molecule has 0 aliphatic heterocycles. The van der Waals surface area contributed by atoms with Crippen LogP contribution in [0.4, 0.5) is 17.1 Å². The van der Waals surface area contributed by atoms with E-state index in [1.807, 2.05) is 0 Å². The van der Waals surface area contributed by atoms with Gasteiger partial charge < -0.3 is 15.5 Å². The Balaban J connectivity index is 2.53. The van der Waals surface area contributed by atoms with Crippen molar-refractivity contribution in [3.05, 3.63) is 39.7 Å². The van der Waals surface area contributed by atoms with Gasteiger partial charge in [0, 0.05) is 11.4 Å². The number of nitrogens with zero attached hydrogens (tertiary/aromatic N) is 3. The number of hydrogen-bond acceptors (Lipinski definition) is 11. The molecule has 146 valence electrons. The number of anilines is 1. The van der Waals surface area contributed by atoms with E-state index in [0.29, 0.717) is 18.6 Å². The fraction of sp³-hybridized carbons (Fsp3) is 0.133. The number of aromatic hydroxyl groups is 1. The van der Waals surface area contributed by atoms with Gasteiger partial charge in [0.1, 0.15) is 17.3 Å². The van der Waals surface area contributed by atoms with Crippen molar-refractivity contribution < 1.29 is 29.6 Å². The number of hydrogen-bond donors (Lipinski definition) is 5. The summed E-state index contributed by atoms with van der Waals surface area (Å²) >= 11 is 0.560. The first-order valence-corrected chi connectivity index (χ1v) is 8.24. The Morgan fingerprint density at radius 1 is 1.43 bits per heavy atom. The van der Waals surface area contributed by atoms with Crippen LogP contribution < -0.4 is 10.9 Å². The molecule has 0 saturated heterocycles. The lowest BCUT2D eigenvalue weighted by molar-refractivity contribution is -0.432. The maximum Gasteiger partial charge on any atom is 0.338 e. The van der Waals surface area contributed by atoms with Crippen LogP contribution in [0.25, 0.3) is 0 Å². The molecule has 0 amide bonds. The Morgan fingerprint density at radius 3 is 2.79 bits per heavy atom. The number of H-pyrrole nitrogens is 1. The number of aromatic amines is 1. The highest BCUT2D eigenvalue weighted by Crippen LogP contribution is 2.36. The first-order chi connectivity index (χ1) is 13.4. The smallest absolute Gasteiger partial charge is 0.338 e. The second kappa shape index (κ2) is 9.48. The number of azo groups is 1. The summed E-state index contributed by atoms with van der Waals surface area (Å²) in [6.45, 7) is 2.02. The van der Waals surface area contributed by atoms with Crippen LogP contribution in [0.1, 0.15) is 22.8 Å². The standard InChI is InChI=1S/C15H13N5O7S/c1-2-17-11-9(6-16)13(21)18-14(22)12(11)20-19-10-4-3-7(28-27-26-25)5-8(10)15(23)24/h3-5,25H,2H2,1H3,(H,23,24)(H3,17,18,21,22)/b20-19+. The van der Waals surface area contributed by atoms with Crippen molar-refractivity contribution in [3.8, 4) is 11.9 Å². The van der Waals surface area contributed by atoms with E-state index in [0.717, 1.165) is 0 Å². The van der Waals surface area contributed by atoms with E-state index in [2.05, 4.69) is 29.9 Å². The van der Waals surface area contributed by atoms with E-state index >= 15 is 0 Å². The Kier molecular flexibility index (Phi) is 7.07. The molecule has 0 fully saturated rings. The molecule has 0 saturated carbocycles. The Morgan fingerprint density at radius 2 is 2.18 bits per heavy atom. The van der Waals surface area contributed by atoms with E-state index in [1.54, 1.807) is 13.0 Å². The number of benzene rings is 1. The third-order valence-electron chi connectivity index (χ3n) is 3.25. The van der Waals surface area contributed by atoms with E-state index in [-0.39, 0.29) is 33.1 Å². The number of pyridine rings is 1. The predicted molar refractivity (Wildman–Crippen MR) is 95.8 cm³/mol. The molecule has 0 atom stereocenters. The van der Waals surface area contributed by atoms with E-state index < -0.39 is 17.4 Å². The first kappa shape index (κ1) is 20.9. The van der Waals surface area contributed by atoms with Crippen LogP contribution in [-0.4, -0.2) is 33.0 Å². The van der Waals surface area contributed by atoms with Crippen molar-refractivity contribution in [1.29, 1.82) is 5.26 Å². The van der Waals surface area contributed by atoms with Gasteiger partial charge in [-0.3, -0.25) is 9.78 Å². The van der Waals surface area contributed by atoms with Crippen molar-refractivity contribution in [1.82, 2.24) is 4.98 Å². The SMILES string of the molecule is CCNc1c(/N=N/c2ccc(SOOO)cc2C(=O)O)c(O)[nH]c(=O)c1C#N. The fourth-order valence-electron chi connectivity index (χ4n) is 2.12. The lowest BCUT2D eigenvalue weighted by Gasteiger charge is -2.09. The molecule has 12 nitrogen and oxygen atoms in total. The Bertz CT molecular complexity index is 1020. The van der Waals surface area contributed by atoms with Gasteiger partial charge in [0.15, 0.2) is 5.69 Å². The quantitative estimate of drug-likeness (QED) is 0.188. The molecule has 13 heteroatoms. The molecule has 0 radical (unpaired) electrons. The first-order valence-electron chi connectivity index (χ1n) is 7.50. The second-order valence-electron chi connectivity index (χ2n) is 4.95. The van der Waals surface area contributed by atoms with Gasteiger partial charge in [-0.05, 0) is 25.1 Å². The van der Waals surface area contributed by atoms with Gasteiger partial charge in [0.25, 0.3) is 5.56 Å². The Labute approximate surface area is 161 Å². The summed E-state index contributed by atoms with van der Waals surface area (Å²) in [5.41, 5.74) is -1.72. The maximum absolute atomic E-state index is 11.8. The minimum atomic E-state index is -1.32. The number of carboxylic acid groups (broad SMARTS) is 1. The molecule has 1 aromatic heterocycles. The molecule has 0 unspecified atom stereocenters. The maximum atomic E-state index is 11.8.